The molecule has 1 amide bonds. The average Bonchev–Trinajstić information content (AvgIpc) is 2.08. The Balaban J connectivity index is 3.22. The fraction of sp³-hybridized carbons (Fsp3) is 0.125. The molecule has 0 radical (unpaired) electrons. The highest BCUT2D eigenvalue weighted by Gasteiger charge is 2.09. The molecule has 0 aromatic heterocycles. The summed E-state index contributed by atoms with van der Waals surface area (Å²) in [6, 6.07) is 4.85. The van der Waals surface area contributed by atoms with E-state index in [1.165, 1.54) is 6.07 Å². The zero-order valence-electron chi connectivity index (χ0n) is 6.37. The van der Waals surface area contributed by atoms with Crippen molar-refractivity contribution in [2.45, 2.75) is 6.92 Å². The van der Waals surface area contributed by atoms with Crippen molar-refractivity contribution in [1.82, 2.24) is 0 Å². The first-order chi connectivity index (χ1) is 5.65. The van der Waals surface area contributed by atoms with Crippen LogP contribution in [0.25, 0.3) is 0 Å². The van der Waals surface area contributed by atoms with Gasteiger partial charge in [0.2, 0.25) is 0 Å². The summed E-state index contributed by atoms with van der Waals surface area (Å²) in [6.07, 6.45) is 0. The summed E-state index contributed by atoms with van der Waals surface area (Å²) in [5.74, 6) is -0.830. The second-order valence-corrected chi connectivity index (χ2v) is 2.79. The summed E-state index contributed by atoms with van der Waals surface area (Å²) in [5.41, 5.74) is 1.03. The minimum absolute atomic E-state index is 0.159. The van der Waals surface area contributed by atoms with Crippen LogP contribution in [0.2, 0.25) is 5.02 Å². The lowest BCUT2D eigenvalue weighted by atomic mass is 10.1. The lowest BCUT2D eigenvalue weighted by Crippen LogP contribution is -1.94. The summed E-state index contributed by atoms with van der Waals surface area (Å²) in [6.45, 7) is 1.80. The van der Waals surface area contributed by atoms with E-state index in [0.29, 0.717) is 0 Å². The number of nitroso groups, excluding NO2 is 1. The Morgan fingerprint density at radius 2 is 2.17 bits per heavy atom. The van der Waals surface area contributed by atoms with Crippen LogP contribution < -0.4 is 0 Å². The van der Waals surface area contributed by atoms with Crippen LogP contribution in [0.3, 0.4) is 0 Å². The Morgan fingerprint density at radius 1 is 1.50 bits per heavy atom. The Kier molecular flexibility index (Phi) is 2.55. The van der Waals surface area contributed by atoms with Gasteiger partial charge in [0, 0.05) is 5.18 Å². The van der Waals surface area contributed by atoms with Crippen molar-refractivity contribution in [3.63, 3.8) is 0 Å². The third-order valence-electron chi connectivity index (χ3n) is 1.44. The first-order valence-corrected chi connectivity index (χ1v) is 3.67. The molecule has 4 heteroatoms. The van der Waals surface area contributed by atoms with Gasteiger partial charge in [0.05, 0.1) is 10.6 Å². The fourth-order valence-corrected chi connectivity index (χ4v) is 1.05. The van der Waals surface area contributed by atoms with E-state index in [-0.39, 0.29) is 10.6 Å². The van der Waals surface area contributed by atoms with Gasteiger partial charge < -0.3 is 0 Å². The SMILES string of the molecule is Cc1ccc(Cl)c(C(=O)N=O)c1. The molecule has 1 aromatic carbocycles. The first kappa shape index (κ1) is 8.87. The van der Waals surface area contributed by atoms with Gasteiger partial charge in [0.1, 0.15) is 0 Å². The number of carbonyl (C=O) groups is 1. The van der Waals surface area contributed by atoms with Crippen LogP contribution >= 0.6 is 11.6 Å². The van der Waals surface area contributed by atoms with Crippen LogP contribution in [0, 0.1) is 11.8 Å². The second-order valence-electron chi connectivity index (χ2n) is 2.38. The van der Waals surface area contributed by atoms with Gasteiger partial charge >= 0.3 is 5.91 Å². The van der Waals surface area contributed by atoms with Crippen molar-refractivity contribution in [3.8, 4) is 0 Å². The topological polar surface area (TPSA) is 46.5 Å². The average molecular weight is 184 g/mol. The van der Waals surface area contributed by atoms with Gasteiger partial charge in [-0.25, -0.2) is 0 Å². The number of carbonyl (C=O) groups excluding carboxylic acids is 1. The maximum absolute atomic E-state index is 10.8. The van der Waals surface area contributed by atoms with Crippen molar-refractivity contribution >= 4 is 17.5 Å². The van der Waals surface area contributed by atoms with Gasteiger partial charge in [-0.3, -0.25) is 4.79 Å². The van der Waals surface area contributed by atoms with Crippen LogP contribution in [-0.4, -0.2) is 5.91 Å². The number of rotatable bonds is 1. The minimum Gasteiger partial charge on any atom is -0.263 e. The molecular formula is C8H6ClNO2. The Hall–Kier alpha value is -1.22. The number of nitrogens with zero attached hydrogens (tertiary/aromatic N) is 1. The van der Waals surface area contributed by atoms with Crippen molar-refractivity contribution in [3.05, 3.63) is 39.3 Å². The van der Waals surface area contributed by atoms with Gasteiger partial charge in [-0.15, -0.1) is 4.91 Å². The van der Waals surface area contributed by atoms with Crippen LogP contribution in [0.5, 0.6) is 0 Å². The third-order valence-corrected chi connectivity index (χ3v) is 1.76. The van der Waals surface area contributed by atoms with Crippen LogP contribution in [0.4, 0.5) is 0 Å². The lowest BCUT2D eigenvalue weighted by Gasteiger charge is -1.98. The van der Waals surface area contributed by atoms with E-state index in [1.807, 2.05) is 0 Å². The van der Waals surface area contributed by atoms with E-state index < -0.39 is 5.91 Å². The Bertz CT molecular complexity index is 336. The molecule has 12 heavy (non-hydrogen) atoms. The van der Waals surface area contributed by atoms with Crippen LogP contribution in [0.1, 0.15) is 15.9 Å². The number of hydrogen-bond donors (Lipinski definition) is 0. The van der Waals surface area contributed by atoms with E-state index in [0.717, 1.165) is 5.56 Å². The summed E-state index contributed by atoms with van der Waals surface area (Å²) in [7, 11) is 0. The first-order valence-electron chi connectivity index (χ1n) is 3.29. The summed E-state index contributed by atoms with van der Waals surface area (Å²) < 4.78 is 0. The molecule has 1 aromatic rings. The van der Waals surface area contributed by atoms with Crippen LogP contribution in [-0.2, 0) is 0 Å². The van der Waals surface area contributed by atoms with Crippen molar-refractivity contribution < 1.29 is 4.79 Å². The highest BCUT2D eigenvalue weighted by Crippen LogP contribution is 2.17. The maximum Gasteiger partial charge on any atom is 0.318 e. The summed E-state index contributed by atoms with van der Waals surface area (Å²) in [4.78, 5) is 20.7. The summed E-state index contributed by atoms with van der Waals surface area (Å²) in [5, 5.41) is 2.54. The van der Waals surface area contributed by atoms with Gasteiger partial charge in [0.15, 0.2) is 0 Å². The van der Waals surface area contributed by atoms with Crippen molar-refractivity contribution in [1.29, 1.82) is 0 Å². The number of halogens is 1. The zero-order chi connectivity index (χ0) is 9.14. The van der Waals surface area contributed by atoms with E-state index in [9.17, 15) is 9.70 Å². The van der Waals surface area contributed by atoms with Crippen molar-refractivity contribution in [2.75, 3.05) is 0 Å². The quantitative estimate of drug-likeness (QED) is 0.629. The molecule has 0 heterocycles. The molecule has 0 aliphatic carbocycles. The number of hydrogen-bond acceptors (Lipinski definition) is 2. The molecule has 0 aliphatic rings. The molecule has 3 nitrogen and oxygen atoms in total. The fourth-order valence-electron chi connectivity index (χ4n) is 0.852. The van der Waals surface area contributed by atoms with Gasteiger partial charge in [-0.2, -0.15) is 0 Å². The Morgan fingerprint density at radius 3 is 2.75 bits per heavy atom. The van der Waals surface area contributed by atoms with Gasteiger partial charge in [0.25, 0.3) is 0 Å². The highest BCUT2D eigenvalue weighted by atomic mass is 35.5. The van der Waals surface area contributed by atoms with E-state index in [2.05, 4.69) is 5.18 Å². The monoisotopic (exact) mass is 183 g/mol. The zero-order valence-corrected chi connectivity index (χ0v) is 7.13. The Labute approximate surface area is 74.3 Å². The number of aryl methyl sites for hydroxylation is 1. The second kappa shape index (κ2) is 3.45. The van der Waals surface area contributed by atoms with E-state index >= 15 is 0 Å². The molecule has 0 atom stereocenters. The molecule has 0 bridgehead atoms. The lowest BCUT2D eigenvalue weighted by molar-refractivity contribution is 0.100. The predicted molar refractivity (Wildman–Crippen MR) is 46.3 cm³/mol. The molecule has 62 valence electrons. The highest BCUT2D eigenvalue weighted by molar-refractivity contribution is 6.33. The molecular weight excluding hydrogens is 178 g/mol. The molecule has 0 unspecified atom stereocenters. The largest absolute Gasteiger partial charge is 0.318 e. The van der Waals surface area contributed by atoms with Gasteiger partial charge in [-0.1, -0.05) is 23.2 Å². The third kappa shape index (κ3) is 1.68. The molecule has 0 fully saturated rings. The maximum atomic E-state index is 10.8. The standard InChI is InChI=1S/C8H6ClNO2/c1-5-2-3-7(9)6(4-5)8(11)10-12/h2-4H,1H3. The molecule has 0 saturated heterocycles. The molecule has 0 spiro atoms. The molecule has 1 rings (SSSR count). The summed E-state index contributed by atoms with van der Waals surface area (Å²) >= 11 is 5.65. The van der Waals surface area contributed by atoms with Gasteiger partial charge in [-0.05, 0) is 19.1 Å². The smallest absolute Gasteiger partial charge is 0.263 e. The minimum atomic E-state index is -0.830. The number of benzene rings is 1. The molecule has 0 aliphatic heterocycles. The predicted octanol–water partition coefficient (Wildman–Crippen LogP) is 2.56. The van der Waals surface area contributed by atoms with Crippen molar-refractivity contribution in [2.24, 2.45) is 5.18 Å². The van der Waals surface area contributed by atoms with Crippen LogP contribution in [0.15, 0.2) is 23.4 Å². The normalized spacial score (nSPS) is 9.50. The molecule has 0 N–H and O–H groups in total. The van der Waals surface area contributed by atoms with E-state index in [4.69, 9.17) is 11.6 Å². The molecule has 0 saturated carbocycles. The number of amides is 1. The van der Waals surface area contributed by atoms with E-state index in [1.54, 1.807) is 19.1 Å².